The fraction of sp³-hybridized carbons (Fsp3) is 0.364. The Hall–Kier alpha value is -2.71. The maximum absolute atomic E-state index is 12.8. The zero-order valence-corrected chi connectivity index (χ0v) is 19.1. The number of likely N-dealkylation sites (N-methyl/N-ethyl adjacent to an activating group) is 1. The predicted octanol–water partition coefficient (Wildman–Crippen LogP) is 3.55. The molecule has 0 aromatic heterocycles. The van der Waals surface area contributed by atoms with Gasteiger partial charge in [0.05, 0.1) is 11.4 Å². The highest BCUT2D eigenvalue weighted by molar-refractivity contribution is 7.89. The molecule has 0 aliphatic rings. The molecule has 0 aliphatic carbocycles. The predicted molar refractivity (Wildman–Crippen MR) is 119 cm³/mol. The molecule has 162 valence electrons. The molecule has 0 spiro atoms. The molecule has 0 heterocycles. The van der Waals surface area contributed by atoms with Gasteiger partial charge in [0.15, 0.2) is 0 Å². The average molecular weight is 432 g/mol. The molecule has 2 amide bonds. The van der Waals surface area contributed by atoms with Crippen LogP contribution >= 0.6 is 0 Å². The van der Waals surface area contributed by atoms with Crippen molar-refractivity contribution in [1.82, 2.24) is 4.31 Å². The van der Waals surface area contributed by atoms with E-state index in [4.69, 9.17) is 0 Å². The topological polar surface area (TPSA) is 95.6 Å². The van der Waals surface area contributed by atoms with Crippen molar-refractivity contribution in [1.29, 1.82) is 0 Å². The standard InChI is InChI=1S/C22H29N3O4S/c1-15-10-11-19(12-16(15)2)30(28,29)25(6)14-20(26)23-17-8-7-9-18(13-17)24-21(27)22(3,4)5/h7-13H,14H2,1-6H3,(H,23,26)(H,24,27). The summed E-state index contributed by atoms with van der Waals surface area (Å²) in [6, 6.07) is 11.6. The first kappa shape index (κ1) is 23.6. The Labute approximate surface area is 178 Å². The number of rotatable bonds is 6. The third-order valence-electron chi connectivity index (χ3n) is 4.64. The molecule has 0 atom stereocenters. The largest absolute Gasteiger partial charge is 0.326 e. The van der Waals surface area contributed by atoms with Crippen LogP contribution < -0.4 is 10.6 Å². The maximum atomic E-state index is 12.8. The maximum Gasteiger partial charge on any atom is 0.243 e. The number of sulfonamides is 1. The van der Waals surface area contributed by atoms with Gasteiger partial charge in [0.1, 0.15) is 0 Å². The zero-order valence-electron chi connectivity index (χ0n) is 18.2. The summed E-state index contributed by atoms with van der Waals surface area (Å²) in [6.07, 6.45) is 0. The van der Waals surface area contributed by atoms with E-state index in [1.165, 1.54) is 13.1 Å². The number of nitrogens with one attached hydrogen (secondary N) is 2. The minimum absolute atomic E-state index is 0.146. The average Bonchev–Trinajstić information content (AvgIpc) is 2.63. The van der Waals surface area contributed by atoms with Gasteiger partial charge >= 0.3 is 0 Å². The normalized spacial score (nSPS) is 12.0. The smallest absolute Gasteiger partial charge is 0.243 e. The molecular weight excluding hydrogens is 402 g/mol. The third kappa shape index (κ3) is 5.90. The van der Waals surface area contributed by atoms with Crippen LogP contribution in [0, 0.1) is 19.3 Å². The van der Waals surface area contributed by atoms with Crippen molar-refractivity contribution in [3.63, 3.8) is 0 Å². The van der Waals surface area contributed by atoms with Gasteiger partial charge in [-0.25, -0.2) is 8.42 Å². The fourth-order valence-corrected chi connectivity index (χ4v) is 3.75. The number of hydrogen-bond acceptors (Lipinski definition) is 4. The molecule has 0 fully saturated rings. The zero-order chi connectivity index (χ0) is 22.7. The van der Waals surface area contributed by atoms with Crippen molar-refractivity contribution < 1.29 is 18.0 Å². The second-order valence-corrected chi connectivity index (χ2v) is 10.4. The Kier molecular flexibility index (Phi) is 7.05. The molecule has 0 unspecified atom stereocenters. The van der Waals surface area contributed by atoms with E-state index in [0.29, 0.717) is 11.4 Å². The van der Waals surface area contributed by atoms with Crippen molar-refractivity contribution in [3.05, 3.63) is 53.6 Å². The lowest BCUT2D eigenvalue weighted by Crippen LogP contribution is -2.35. The highest BCUT2D eigenvalue weighted by atomic mass is 32.2. The summed E-state index contributed by atoms with van der Waals surface area (Å²) >= 11 is 0. The number of nitrogens with zero attached hydrogens (tertiary/aromatic N) is 1. The summed E-state index contributed by atoms with van der Waals surface area (Å²) in [6.45, 7) is 8.82. The van der Waals surface area contributed by atoms with Crippen LogP contribution in [0.5, 0.6) is 0 Å². The summed E-state index contributed by atoms with van der Waals surface area (Å²) in [5, 5.41) is 5.47. The van der Waals surface area contributed by atoms with Gasteiger partial charge in [-0.3, -0.25) is 9.59 Å². The van der Waals surface area contributed by atoms with Gasteiger partial charge in [0, 0.05) is 23.8 Å². The van der Waals surface area contributed by atoms with Crippen molar-refractivity contribution >= 4 is 33.2 Å². The second kappa shape index (κ2) is 8.97. The van der Waals surface area contributed by atoms with Gasteiger partial charge in [0.2, 0.25) is 21.8 Å². The molecule has 0 saturated heterocycles. The van der Waals surface area contributed by atoms with Gasteiger partial charge in [-0.05, 0) is 55.3 Å². The molecule has 8 heteroatoms. The van der Waals surface area contributed by atoms with Gasteiger partial charge in [-0.2, -0.15) is 4.31 Å². The first-order chi connectivity index (χ1) is 13.8. The number of amides is 2. The van der Waals surface area contributed by atoms with Crippen LogP contribution in [0.3, 0.4) is 0 Å². The monoisotopic (exact) mass is 431 g/mol. The molecule has 2 aromatic carbocycles. The Morgan fingerprint density at radius 1 is 0.933 bits per heavy atom. The van der Waals surface area contributed by atoms with E-state index in [1.807, 2.05) is 13.8 Å². The molecule has 0 aliphatic heterocycles. The van der Waals surface area contributed by atoms with E-state index >= 15 is 0 Å². The fourth-order valence-electron chi connectivity index (χ4n) is 2.54. The number of anilines is 2. The summed E-state index contributed by atoms with van der Waals surface area (Å²) in [7, 11) is -2.43. The number of carbonyl (C=O) groups is 2. The van der Waals surface area contributed by atoms with Crippen LogP contribution in [-0.2, 0) is 19.6 Å². The third-order valence-corrected chi connectivity index (χ3v) is 6.44. The quantitative estimate of drug-likeness (QED) is 0.731. The van der Waals surface area contributed by atoms with Crippen LogP contribution in [-0.4, -0.2) is 38.1 Å². The van der Waals surface area contributed by atoms with Crippen LogP contribution in [0.2, 0.25) is 0 Å². The lowest BCUT2D eigenvalue weighted by atomic mass is 9.95. The van der Waals surface area contributed by atoms with E-state index in [0.717, 1.165) is 15.4 Å². The number of benzene rings is 2. The highest BCUT2D eigenvalue weighted by Crippen LogP contribution is 2.21. The minimum atomic E-state index is -3.79. The molecule has 2 aromatic rings. The highest BCUT2D eigenvalue weighted by Gasteiger charge is 2.24. The van der Waals surface area contributed by atoms with Gasteiger partial charge < -0.3 is 10.6 Å². The second-order valence-electron chi connectivity index (χ2n) is 8.34. The molecular formula is C22H29N3O4S. The SMILES string of the molecule is Cc1ccc(S(=O)(=O)N(C)CC(=O)Nc2cccc(NC(=O)C(C)(C)C)c2)cc1C. The Bertz CT molecular complexity index is 1060. The van der Waals surface area contributed by atoms with Crippen LogP contribution in [0.15, 0.2) is 47.4 Å². The van der Waals surface area contributed by atoms with Gasteiger partial charge in [-0.15, -0.1) is 0 Å². The first-order valence-corrected chi connectivity index (χ1v) is 11.0. The Morgan fingerprint density at radius 3 is 2.10 bits per heavy atom. The summed E-state index contributed by atoms with van der Waals surface area (Å²) in [5.74, 6) is -0.630. The number of carbonyl (C=O) groups excluding carboxylic acids is 2. The van der Waals surface area contributed by atoms with Gasteiger partial charge in [0.25, 0.3) is 0 Å². The minimum Gasteiger partial charge on any atom is -0.326 e. The number of aryl methyl sites for hydroxylation is 2. The van der Waals surface area contributed by atoms with E-state index in [9.17, 15) is 18.0 Å². The van der Waals surface area contributed by atoms with E-state index in [1.54, 1.807) is 57.2 Å². The molecule has 0 radical (unpaired) electrons. The summed E-state index contributed by atoms with van der Waals surface area (Å²) in [5.41, 5.74) is 2.31. The summed E-state index contributed by atoms with van der Waals surface area (Å²) in [4.78, 5) is 24.7. The lowest BCUT2D eigenvalue weighted by Gasteiger charge is -2.19. The molecule has 2 N–H and O–H groups in total. The molecule has 2 rings (SSSR count). The van der Waals surface area contributed by atoms with E-state index in [-0.39, 0.29) is 17.3 Å². The molecule has 0 bridgehead atoms. The van der Waals surface area contributed by atoms with Crippen molar-refractivity contribution in [2.45, 2.75) is 39.5 Å². The first-order valence-electron chi connectivity index (χ1n) is 9.55. The Morgan fingerprint density at radius 2 is 1.53 bits per heavy atom. The molecule has 0 saturated carbocycles. The molecule has 30 heavy (non-hydrogen) atoms. The van der Waals surface area contributed by atoms with E-state index in [2.05, 4.69) is 10.6 Å². The lowest BCUT2D eigenvalue weighted by molar-refractivity contribution is -0.123. The summed E-state index contributed by atoms with van der Waals surface area (Å²) < 4.78 is 26.5. The van der Waals surface area contributed by atoms with Crippen molar-refractivity contribution in [3.8, 4) is 0 Å². The van der Waals surface area contributed by atoms with Crippen LogP contribution in [0.1, 0.15) is 31.9 Å². The van der Waals surface area contributed by atoms with Crippen molar-refractivity contribution in [2.24, 2.45) is 5.41 Å². The van der Waals surface area contributed by atoms with Gasteiger partial charge in [-0.1, -0.05) is 32.9 Å². The van der Waals surface area contributed by atoms with E-state index < -0.39 is 21.3 Å². The van der Waals surface area contributed by atoms with Crippen LogP contribution in [0.4, 0.5) is 11.4 Å². The molecule has 7 nitrogen and oxygen atoms in total. The van der Waals surface area contributed by atoms with Crippen LogP contribution in [0.25, 0.3) is 0 Å². The Balaban J connectivity index is 2.07. The van der Waals surface area contributed by atoms with Crippen molar-refractivity contribution in [2.75, 3.05) is 24.2 Å². The number of hydrogen-bond donors (Lipinski definition) is 2.